The maximum Gasteiger partial charge on any atom is 0.268 e. The Morgan fingerprint density at radius 3 is 2.95 bits per heavy atom. The van der Waals surface area contributed by atoms with E-state index in [1.807, 2.05) is 18.2 Å². The van der Waals surface area contributed by atoms with Crippen molar-refractivity contribution < 1.29 is 9.21 Å². The number of H-pyrrole nitrogens is 1. The Balaban J connectivity index is 1.80. The van der Waals surface area contributed by atoms with E-state index in [1.165, 1.54) is 0 Å². The molecule has 3 rings (SSSR count). The Morgan fingerprint density at radius 2 is 2.21 bits per heavy atom. The Morgan fingerprint density at radius 1 is 1.32 bits per heavy atom. The molecule has 2 N–H and O–H groups in total. The number of carbonyl (C=O) groups is 1. The predicted molar refractivity (Wildman–Crippen MR) is 73.2 cm³/mol. The molecule has 0 bridgehead atoms. The molecule has 3 aromatic rings. The van der Waals surface area contributed by atoms with Crippen LogP contribution in [0.15, 0.2) is 47.1 Å². The zero-order valence-electron chi connectivity index (χ0n) is 9.94. The van der Waals surface area contributed by atoms with Crippen LogP contribution < -0.4 is 5.32 Å². The minimum atomic E-state index is -0.191. The van der Waals surface area contributed by atoms with Gasteiger partial charge >= 0.3 is 0 Å². The average Bonchev–Trinajstić information content (AvgIpc) is 3.05. The molecule has 0 atom stereocenters. The molecule has 0 aliphatic carbocycles. The lowest BCUT2D eigenvalue weighted by Crippen LogP contribution is -2.22. The Kier molecular flexibility index (Phi) is 3.01. The fourth-order valence-corrected chi connectivity index (χ4v) is 2.15. The number of nitrogens with one attached hydrogen (secondary N) is 2. The molecule has 1 aromatic carbocycles. The standard InChI is InChI=1S/C14H11ClN2O2/c15-11-4-1-5-12-10(11)7-13(17-12)14(18)16-8-9-3-2-6-19-9/h1-7,17H,8H2,(H,16,18). The van der Waals surface area contributed by atoms with E-state index in [9.17, 15) is 4.79 Å². The van der Waals surface area contributed by atoms with Crippen molar-refractivity contribution in [2.75, 3.05) is 0 Å². The third kappa shape index (κ3) is 2.35. The number of benzene rings is 1. The van der Waals surface area contributed by atoms with Crippen LogP contribution in [0.5, 0.6) is 0 Å². The van der Waals surface area contributed by atoms with Gasteiger partial charge in [0.05, 0.1) is 12.8 Å². The van der Waals surface area contributed by atoms with E-state index in [-0.39, 0.29) is 5.91 Å². The first-order chi connectivity index (χ1) is 9.24. The SMILES string of the molecule is O=C(NCc1ccco1)c1cc2c(Cl)cccc2[nH]1. The summed E-state index contributed by atoms with van der Waals surface area (Å²) in [4.78, 5) is 15.0. The van der Waals surface area contributed by atoms with Gasteiger partial charge in [-0.2, -0.15) is 0 Å². The van der Waals surface area contributed by atoms with Gasteiger partial charge < -0.3 is 14.7 Å². The number of furan rings is 1. The van der Waals surface area contributed by atoms with E-state index >= 15 is 0 Å². The van der Waals surface area contributed by atoms with E-state index < -0.39 is 0 Å². The number of aromatic nitrogens is 1. The van der Waals surface area contributed by atoms with Crippen LogP contribution >= 0.6 is 11.6 Å². The number of hydrogen-bond donors (Lipinski definition) is 2. The van der Waals surface area contributed by atoms with Crippen LogP contribution in [0.3, 0.4) is 0 Å². The minimum absolute atomic E-state index is 0.191. The molecule has 19 heavy (non-hydrogen) atoms. The van der Waals surface area contributed by atoms with E-state index in [0.29, 0.717) is 23.0 Å². The van der Waals surface area contributed by atoms with Crippen LogP contribution in [0.2, 0.25) is 5.02 Å². The summed E-state index contributed by atoms with van der Waals surface area (Å²) in [5.74, 6) is 0.520. The molecule has 0 fully saturated rings. The molecule has 96 valence electrons. The number of carbonyl (C=O) groups excluding carboxylic acids is 1. The van der Waals surface area contributed by atoms with Crippen molar-refractivity contribution in [2.24, 2.45) is 0 Å². The molecular formula is C14H11ClN2O2. The highest BCUT2D eigenvalue weighted by atomic mass is 35.5. The first kappa shape index (κ1) is 11.9. The summed E-state index contributed by atoms with van der Waals surface area (Å²) < 4.78 is 5.15. The molecule has 2 heterocycles. The fraction of sp³-hybridized carbons (Fsp3) is 0.0714. The fourth-order valence-electron chi connectivity index (χ4n) is 1.92. The molecule has 0 saturated heterocycles. The van der Waals surface area contributed by atoms with Crippen LogP contribution in [0.1, 0.15) is 16.2 Å². The molecule has 0 radical (unpaired) electrons. The predicted octanol–water partition coefficient (Wildman–Crippen LogP) is 3.34. The van der Waals surface area contributed by atoms with Crippen molar-refractivity contribution in [1.29, 1.82) is 0 Å². The van der Waals surface area contributed by atoms with Gasteiger partial charge in [0.1, 0.15) is 11.5 Å². The zero-order valence-corrected chi connectivity index (χ0v) is 10.7. The molecule has 0 unspecified atom stereocenters. The summed E-state index contributed by atoms with van der Waals surface area (Å²) in [5, 5.41) is 4.24. The van der Waals surface area contributed by atoms with E-state index in [2.05, 4.69) is 10.3 Å². The van der Waals surface area contributed by atoms with Crippen molar-refractivity contribution >= 4 is 28.4 Å². The van der Waals surface area contributed by atoms with Crippen LogP contribution in [-0.2, 0) is 6.54 Å². The lowest BCUT2D eigenvalue weighted by atomic mass is 10.2. The van der Waals surface area contributed by atoms with Crippen molar-refractivity contribution in [3.8, 4) is 0 Å². The number of hydrogen-bond acceptors (Lipinski definition) is 2. The van der Waals surface area contributed by atoms with E-state index in [0.717, 1.165) is 10.9 Å². The third-order valence-electron chi connectivity index (χ3n) is 2.86. The van der Waals surface area contributed by atoms with Gasteiger partial charge in [-0.1, -0.05) is 17.7 Å². The lowest BCUT2D eigenvalue weighted by molar-refractivity contribution is 0.0944. The summed E-state index contributed by atoms with van der Waals surface area (Å²) in [6.45, 7) is 0.356. The summed E-state index contributed by atoms with van der Waals surface area (Å²) in [6.07, 6.45) is 1.57. The molecular weight excluding hydrogens is 264 g/mol. The van der Waals surface area contributed by atoms with Gasteiger partial charge in [-0.15, -0.1) is 0 Å². The molecule has 1 amide bonds. The van der Waals surface area contributed by atoms with E-state index in [1.54, 1.807) is 24.5 Å². The van der Waals surface area contributed by atoms with Gasteiger partial charge in [0.25, 0.3) is 5.91 Å². The number of rotatable bonds is 3. The van der Waals surface area contributed by atoms with Crippen LogP contribution in [0.25, 0.3) is 10.9 Å². The number of amides is 1. The van der Waals surface area contributed by atoms with Crippen molar-refractivity contribution in [1.82, 2.24) is 10.3 Å². The van der Waals surface area contributed by atoms with Gasteiger partial charge in [-0.25, -0.2) is 0 Å². The minimum Gasteiger partial charge on any atom is -0.467 e. The highest BCUT2D eigenvalue weighted by Gasteiger charge is 2.11. The van der Waals surface area contributed by atoms with Crippen LogP contribution in [0.4, 0.5) is 0 Å². The Hall–Kier alpha value is -2.20. The summed E-state index contributed by atoms with van der Waals surface area (Å²) in [6, 6.07) is 10.8. The highest BCUT2D eigenvalue weighted by Crippen LogP contribution is 2.23. The second kappa shape index (κ2) is 4.82. The molecule has 5 heteroatoms. The molecule has 0 aliphatic heterocycles. The second-order valence-corrected chi connectivity index (χ2v) is 4.55. The maximum absolute atomic E-state index is 12.0. The van der Waals surface area contributed by atoms with Crippen molar-refractivity contribution in [3.63, 3.8) is 0 Å². The molecule has 0 saturated carbocycles. The Labute approximate surface area is 114 Å². The monoisotopic (exact) mass is 274 g/mol. The smallest absolute Gasteiger partial charge is 0.268 e. The maximum atomic E-state index is 12.0. The van der Waals surface area contributed by atoms with Gasteiger partial charge in [-0.05, 0) is 30.3 Å². The number of fused-ring (bicyclic) bond motifs is 1. The van der Waals surface area contributed by atoms with Crippen molar-refractivity contribution in [3.05, 3.63) is 59.1 Å². The number of aromatic amines is 1. The third-order valence-corrected chi connectivity index (χ3v) is 3.19. The summed E-state index contributed by atoms with van der Waals surface area (Å²) in [7, 11) is 0. The molecule has 2 aromatic heterocycles. The first-order valence-corrected chi connectivity index (χ1v) is 6.19. The van der Waals surface area contributed by atoms with Gasteiger partial charge in [0.2, 0.25) is 0 Å². The van der Waals surface area contributed by atoms with Crippen LogP contribution in [0, 0.1) is 0 Å². The topological polar surface area (TPSA) is 58.0 Å². The number of halogens is 1. The van der Waals surface area contributed by atoms with Crippen LogP contribution in [-0.4, -0.2) is 10.9 Å². The Bertz CT molecular complexity index is 716. The molecule has 0 aliphatic rings. The summed E-state index contributed by atoms with van der Waals surface area (Å²) >= 11 is 6.07. The van der Waals surface area contributed by atoms with E-state index in [4.69, 9.17) is 16.0 Å². The molecule has 0 spiro atoms. The highest BCUT2D eigenvalue weighted by molar-refractivity contribution is 6.35. The van der Waals surface area contributed by atoms with Gasteiger partial charge in [0.15, 0.2) is 0 Å². The second-order valence-electron chi connectivity index (χ2n) is 4.15. The van der Waals surface area contributed by atoms with Crippen molar-refractivity contribution in [2.45, 2.75) is 6.54 Å². The largest absolute Gasteiger partial charge is 0.467 e. The van der Waals surface area contributed by atoms with Gasteiger partial charge in [-0.3, -0.25) is 4.79 Å². The summed E-state index contributed by atoms with van der Waals surface area (Å²) in [5.41, 5.74) is 1.32. The normalized spacial score (nSPS) is 10.8. The van der Waals surface area contributed by atoms with Gasteiger partial charge in [0, 0.05) is 15.9 Å². The average molecular weight is 275 g/mol. The quantitative estimate of drug-likeness (QED) is 0.769. The molecule has 4 nitrogen and oxygen atoms in total. The zero-order chi connectivity index (χ0) is 13.2. The first-order valence-electron chi connectivity index (χ1n) is 5.82. The lowest BCUT2D eigenvalue weighted by Gasteiger charge is -2.00.